The van der Waals surface area contributed by atoms with Gasteiger partial charge in [0.15, 0.2) is 0 Å². The number of nitrogens with zero attached hydrogens (tertiary/aromatic N) is 4. The Morgan fingerprint density at radius 3 is 2.95 bits per heavy atom. The van der Waals surface area contributed by atoms with E-state index in [1.807, 2.05) is 26.0 Å². The maximum Gasteiger partial charge on any atom is 0.287 e. The molecule has 7 heteroatoms. The molecule has 0 amide bonds. The molecule has 1 aromatic rings. The summed E-state index contributed by atoms with van der Waals surface area (Å²) in [7, 11) is 5.89. The molecule has 6 nitrogen and oxygen atoms in total. The van der Waals surface area contributed by atoms with E-state index in [1.165, 1.54) is 4.68 Å². The van der Waals surface area contributed by atoms with Crippen LogP contribution in [0.1, 0.15) is 6.42 Å². The van der Waals surface area contributed by atoms with Gasteiger partial charge in [-0.05, 0) is 40.0 Å². The van der Waals surface area contributed by atoms with E-state index >= 15 is 0 Å². The zero-order valence-corrected chi connectivity index (χ0v) is 13.7. The van der Waals surface area contributed by atoms with Gasteiger partial charge in [0, 0.05) is 19.6 Å². The number of hydrogen-bond donors (Lipinski definition) is 1. The second-order valence-electron chi connectivity index (χ2n) is 5.83. The number of aromatic nitrogens is 2. The van der Waals surface area contributed by atoms with Gasteiger partial charge >= 0.3 is 0 Å². The number of rotatable bonds is 6. The number of likely N-dealkylation sites (N-methyl/N-ethyl adjacent to an activating group) is 1. The molecule has 0 radical (unpaired) electrons. The van der Waals surface area contributed by atoms with Crippen molar-refractivity contribution in [3.05, 3.63) is 21.6 Å². The van der Waals surface area contributed by atoms with Crippen molar-refractivity contribution in [2.24, 2.45) is 5.92 Å². The molecule has 0 bridgehead atoms. The average Bonchev–Trinajstić information content (AvgIpc) is 2.89. The molecule has 0 spiro atoms. The van der Waals surface area contributed by atoms with Crippen molar-refractivity contribution < 1.29 is 0 Å². The highest BCUT2D eigenvalue weighted by atomic mass is 35.5. The van der Waals surface area contributed by atoms with Gasteiger partial charge in [-0.15, -0.1) is 0 Å². The first kappa shape index (κ1) is 16.3. The van der Waals surface area contributed by atoms with Gasteiger partial charge < -0.3 is 15.1 Å². The van der Waals surface area contributed by atoms with Crippen molar-refractivity contribution in [3.63, 3.8) is 0 Å². The Labute approximate surface area is 130 Å². The fourth-order valence-corrected chi connectivity index (χ4v) is 2.90. The van der Waals surface area contributed by atoms with E-state index in [1.54, 1.807) is 6.20 Å². The Morgan fingerprint density at radius 1 is 1.52 bits per heavy atom. The lowest BCUT2D eigenvalue weighted by atomic mass is 10.1. The van der Waals surface area contributed by atoms with Crippen molar-refractivity contribution in [2.75, 3.05) is 52.2 Å². The largest absolute Gasteiger partial charge is 0.369 e. The maximum absolute atomic E-state index is 12.3. The number of hydrogen-bond acceptors (Lipinski definition) is 5. The molecule has 1 aliphatic rings. The van der Waals surface area contributed by atoms with Crippen LogP contribution in [-0.2, 0) is 6.54 Å². The highest BCUT2D eigenvalue weighted by Gasteiger charge is 2.25. The minimum absolute atomic E-state index is 0.201. The van der Waals surface area contributed by atoms with Gasteiger partial charge in [0.1, 0.15) is 5.02 Å². The summed E-state index contributed by atoms with van der Waals surface area (Å²) in [5, 5.41) is 7.75. The lowest BCUT2D eigenvalue weighted by Gasteiger charge is -2.20. The summed E-state index contributed by atoms with van der Waals surface area (Å²) < 4.78 is 1.44. The maximum atomic E-state index is 12.3. The van der Waals surface area contributed by atoms with E-state index in [2.05, 4.69) is 15.3 Å². The zero-order valence-electron chi connectivity index (χ0n) is 13.0. The van der Waals surface area contributed by atoms with E-state index < -0.39 is 0 Å². The van der Waals surface area contributed by atoms with E-state index in [0.717, 1.165) is 38.3 Å². The van der Waals surface area contributed by atoms with Crippen LogP contribution in [0.5, 0.6) is 0 Å². The number of nitrogens with one attached hydrogen (secondary N) is 1. The highest BCUT2D eigenvalue weighted by molar-refractivity contribution is 6.33. The molecule has 2 rings (SSSR count). The van der Waals surface area contributed by atoms with Crippen molar-refractivity contribution in [1.82, 2.24) is 20.0 Å². The van der Waals surface area contributed by atoms with Gasteiger partial charge in [0.25, 0.3) is 5.56 Å². The van der Waals surface area contributed by atoms with Gasteiger partial charge in [-0.3, -0.25) is 4.79 Å². The summed E-state index contributed by atoms with van der Waals surface area (Å²) in [6.45, 7) is 4.14. The molecular weight excluding hydrogens is 290 g/mol. The molecule has 1 fully saturated rings. The van der Waals surface area contributed by atoms with Gasteiger partial charge in [-0.25, -0.2) is 4.68 Å². The Balaban J connectivity index is 2.12. The third kappa shape index (κ3) is 3.96. The van der Waals surface area contributed by atoms with Crippen molar-refractivity contribution >= 4 is 17.3 Å². The van der Waals surface area contributed by atoms with E-state index in [4.69, 9.17) is 11.6 Å². The van der Waals surface area contributed by atoms with E-state index in [-0.39, 0.29) is 10.6 Å². The van der Waals surface area contributed by atoms with Crippen molar-refractivity contribution in [3.8, 4) is 0 Å². The average molecular weight is 314 g/mol. The first-order valence-corrected chi connectivity index (χ1v) is 7.70. The topological polar surface area (TPSA) is 53.4 Å². The molecule has 1 unspecified atom stereocenters. The van der Waals surface area contributed by atoms with Gasteiger partial charge in [0.2, 0.25) is 0 Å². The first-order chi connectivity index (χ1) is 10.0. The molecular formula is C14H24ClN5O. The van der Waals surface area contributed by atoms with Crippen LogP contribution in [0, 0.1) is 5.92 Å². The summed E-state index contributed by atoms with van der Waals surface area (Å²) in [6, 6.07) is 0. The van der Waals surface area contributed by atoms with Gasteiger partial charge in [-0.2, -0.15) is 5.10 Å². The molecule has 118 valence electrons. The van der Waals surface area contributed by atoms with Crippen LogP contribution in [-0.4, -0.2) is 62.0 Å². The molecule has 1 saturated heterocycles. The molecule has 0 aliphatic carbocycles. The van der Waals surface area contributed by atoms with Crippen molar-refractivity contribution in [1.29, 1.82) is 0 Å². The van der Waals surface area contributed by atoms with Crippen LogP contribution in [0.25, 0.3) is 0 Å². The SMILES string of the molecule is CNCC1CCN(c2cnn(CCN(C)C)c(=O)c2Cl)C1. The van der Waals surface area contributed by atoms with E-state index in [0.29, 0.717) is 12.5 Å². The summed E-state index contributed by atoms with van der Waals surface area (Å²) in [6.07, 6.45) is 2.84. The minimum atomic E-state index is -0.201. The molecule has 1 aliphatic heterocycles. The zero-order chi connectivity index (χ0) is 15.4. The van der Waals surface area contributed by atoms with Crippen LogP contribution in [0.3, 0.4) is 0 Å². The Bertz CT molecular complexity index is 531. The molecule has 1 aromatic heterocycles. The molecule has 0 aromatic carbocycles. The van der Waals surface area contributed by atoms with Crippen LogP contribution < -0.4 is 15.8 Å². The van der Waals surface area contributed by atoms with Crippen LogP contribution in [0.15, 0.2) is 11.0 Å². The third-order valence-corrected chi connectivity index (χ3v) is 4.20. The summed E-state index contributed by atoms with van der Waals surface area (Å²) in [5.41, 5.74) is 0.564. The number of halogens is 1. The Kier molecular flexibility index (Phi) is 5.61. The van der Waals surface area contributed by atoms with Gasteiger partial charge in [-0.1, -0.05) is 11.6 Å². The van der Waals surface area contributed by atoms with Crippen LogP contribution in [0.4, 0.5) is 5.69 Å². The van der Waals surface area contributed by atoms with Crippen LogP contribution in [0.2, 0.25) is 5.02 Å². The normalized spacial score (nSPS) is 18.7. The molecule has 0 saturated carbocycles. The molecule has 21 heavy (non-hydrogen) atoms. The molecule has 1 N–H and O–H groups in total. The van der Waals surface area contributed by atoms with Crippen LogP contribution >= 0.6 is 11.6 Å². The van der Waals surface area contributed by atoms with E-state index in [9.17, 15) is 4.79 Å². The monoisotopic (exact) mass is 313 g/mol. The Morgan fingerprint density at radius 2 is 2.29 bits per heavy atom. The summed E-state index contributed by atoms with van der Waals surface area (Å²) in [5.74, 6) is 0.599. The van der Waals surface area contributed by atoms with Gasteiger partial charge in [0.05, 0.1) is 18.4 Å². The standard InChI is InChI=1S/C14H24ClN5O/c1-16-8-11-4-5-19(10-11)12-9-17-20(7-6-18(2)3)14(21)13(12)15/h9,11,16H,4-8,10H2,1-3H3. The highest BCUT2D eigenvalue weighted by Crippen LogP contribution is 2.27. The lowest BCUT2D eigenvalue weighted by molar-refractivity contribution is 0.367. The predicted octanol–water partition coefficient (Wildman–Crippen LogP) is 0.504. The summed E-state index contributed by atoms with van der Waals surface area (Å²) in [4.78, 5) is 16.5. The fraction of sp³-hybridized carbons (Fsp3) is 0.714. The Hall–Kier alpha value is -1.11. The fourth-order valence-electron chi connectivity index (χ4n) is 2.64. The number of anilines is 1. The predicted molar refractivity (Wildman–Crippen MR) is 86.3 cm³/mol. The second-order valence-corrected chi connectivity index (χ2v) is 6.21. The minimum Gasteiger partial charge on any atom is -0.369 e. The smallest absolute Gasteiger partial charge is 0.287 e. The molecule has 1 atom stereocenters. The first-order valence-electron chi connectivity index (χ1n) is 7.32. The molecule has 2 heterocycles. The third-order valence-electron chi connectivity index (χ3n) is 3.84. The van der Waals surface area contributed by atoms with Crippen molar-refractivity contribution in [2.45, 2.75) is 13.0 Å². The summed E-state index contributed by atoms with van der Waals surface area (Å²) >= 11 is 6.27. The second kappa shape index (κ2) is 7.24. The lowest BCUT2D eigenvalue weighted by Crippen LogP contribution is -2.31. The quantitative estimate of drug-likeness (QED) is 0.829.